The maximum Gasteiger partial charge on any atom is 0.209 e. The Balaban J connectivity index is 1.80. The van der Waals surface area contributed by atoms with Crippen molar-refractivity contribution in [3.8, 4) is 0 Å². The van der Waals surface area contributed by atoms with Gasteiger partial charge in [0, 0.05) is 0 Å². The predicted octanol–water partition coefficient (Wildman–Crippen LogP) is 1.61. The topological polar surface area (TPSA) is 38.7 Å². The minimum atomic E-state index is -0.183. The third-order valence-corrected chi connectivity index (χ3v) is 2.87. The summed E-state index contributed by atoms with van der Waals surface area (Å²) < 4.78 is 10.9. The molecule has 1 saturated heterocycles. The van der Waals surface area contributed by atoms with Gasteiger partial charge in [-0.3, -0.25) is 0 Å². The fourth-order valence-corrected chi connectivity index (χ4v) is 2.09. The van der Waals surface area contributed by atoms with E-state index in [1.807, 2.05) is 36.4 Å². The van der Waals surface area contributed by atoms with Crippen molar-refractivity contribution in [1.29, 1.82) is 0 Å². The standard InChI is InChI=1S/C12H12O3/c13-7-9-6-10-11(15-12(10)14-9)8-4-2-1-3-5-8/h1-6,10-13H,7H2/t10-,11+,12+/m1/s1. The number of aliphatic hydroxyl groups excluding tert-OH is 1. The monoisotopic (exact) mass is 204 g/mol. The summed E-state index contributed by atoms with van der Waals surface area (Å²) in [6.07, 6.45) is 1.86. The average molecular weight is 204 g/mol. The SMILES string of the molecule is OCC1=C[C@H]2[C@@H](O1)O[C@H]2c1ccccc1. The first-order valence-electron chi connectivity index (χ1n) is 5.07. The van der Waals surface area contributed by atoms with Gasteiger partial charge in [0.2, 0.25) is 6.29 Å². The molecule has 2 aliphatic rings. The maximum atomic E-state index is 8.94. The summed E-state index contributed by atoms with van der Waals surface area (Å²) in [5.41, 5.74) is 1.16. The highest BCUT2D eigenvalue weighted by Gasteiger charge is 2.47. The summed E-state index contributed by atoms with van der Waals surface area (Å²) in [5, 5.41) is 8.94. The molecule has 0 saturated carbocycles. The Labute approximate surface area is 87.9 Å². The van der Waals surface area contributed by atoms with Crippen molar-refractivity contribution in [3.63, 3.8) is 0 Å². The van der Waals surface area contributed by atoms with E-state index in [0.717, 1.165) is 5.56 Å². The van der Waals surface area contributed by atoms with Crippen LogP contribution in [0, 0.1) is 5.92 Å². The van der Waals surface area contributed by atoms with E-state index in [-0.39, 0.29) is 24.9 Å². The summed E-state index contributed by atoms with van der Waals surface area (Å²) in [6.45, 7) is -0.0438. The molecule has 0 aliphatic carbocycles. The Kier molecular flexibility index (Phi) is 2.01. The lowest BCUT2D eigenvalue weighted by Crippen LogP contribution is -2.39. The largest absolute Gasteiger partial charge is 0.466 e. The fourth-order valence-electron chi connectivity index (χ4n) is 2.09. The van der Waals surface area contributed by atoms with Gasteiger partial charge in [0.05, 0.1) is 12.0 Å². The normalized spacial score (nSPS) is 32.6. The van der Waals surface area contributed by atoms with E-state index >= 15 is 0 Å². The Morgan fingerprint density at radius 3 is 2.73 bits per heavy atom. The van der Waals surface area contributed by atoms with Crippen LogP contribution in [0.1, 0.15) is 11.7 Å². The highest BCUT2D eigenvalue weighted by atomic mass is 16.7. The smallest absolute Gasteiger partial charge is 0.209 e. The lowest BCUT2D eigenvalue weighted by molar-refractivity contribution is -0.262. The van der Waals surface area contributed by atoms with Crippen LogP contribution in [-0.2, 0) is 9.47 Å². The molecule has 0 spiro atoms. The van der Waals surface area contributed by atoms with Gasteiger partial charge in [-0.1, -0.05) is 30.3 Å². The molecule has 3 rings (SSSR count). The molecule has 0 amide bonds. The van der Waals surface area contributed by atoms with Crippen molar-refractivity contribution in [1.82, 2.24) is 0 Å². The molecule has 0 bridgehead atoms. The summed E-state index contributed by atoms with van der Waals surface area (Å²) >= 11 is 0. The lowest BCUT2D eigenvalue weighted by atomic mass is 9.90. The zero-order chi connectivity index (χ0) is 10.3. The Bertz CT molecular complexity index is 385. The van der Waals surface area contributed by atoms with Crippen molar-refractivity contribution in [2.75, 3.05) is 6.61 Å². The second kappa shape index (κ2) is 3.36. The van der Waals surface area contributed by atoms with Crippen molar-refractivity contribution in [2.24, 2.45) is 5.92 Å². The third kappa shape index (κ3) is 1.35. The van der Waals surface area contributed by atoms with Crippen LogP contribution in [0.15, 0.2) is 42.2 Å². The van der Waals surface area contributed by atoms with E-state index in [1.165, 1.54) is 0 Å². The van der Waals surface area contributed by atoms with Crippen LogP contribution in [0.25, 0.3) is 0 Å². The number of fused-ring (bicyclic) bond motifs is 1. The molecule has 3 atom stereocenters. The molecule has 1 aromatic carbocycles. The molecule has 2 aliphatic heterocycles. The van der Waals surface area contributed by atoms with Gasteiger partial charge in [-0.15, -0.1) is 0 Å². The fraction of sp³-hybridized carbons (Fsp3) is 0.333. The van der Waals surface area contributed by atoms with E-state index in [1.54, 1.807) is 0 Å². The van der Waals surface area contributed by atoms with Crippen LogP contribution in [-0.4, -0.2) is 18.0 Å². The second-order valence-corrected chi connectivity index (χ2v) is 3.82. The predicted molar refractivity (Wildman–Crippen MR) is 53.8 cm³/mol. The summed E-state index contributed by atoms with van der Waals surface area (Å²) in [4.78, 5) is 0. The van der Waals surface area contributed by atoms with Crippen molar-refractivity contribution in [2.45, 2.75) is 12.4 Å². The van der Waals surface area contributed by atoms with Gasteiger partial charge >= 0.3 is 0 Å². The van der Waals surface area contributed by atoms with Crippen molar-refractivity contribution in [3.05, 3.63) is 47.7 Å². The molecule has 78 valence electrons. The van der Waals surface area contributed by atoms with Crippen LogP contribution >= 0.6 is 0 Å². The molecule has 1 fully saturated rings. The lowest BCUT2D eigenvalue weighted by Gasteiger charge is -2.38. The zero-order valence-corrected chi connectivity index (χ0v) is 8.17. The molecule has 1 aromatic rings. The van der Waals surface area contributed by atoms with E-state index in [4.69, 9.17) is 14.6 Å². The van der Waals surface area contributed by atoms with Gasteiger partial charge in [-0.05, 0) is 11.6 Å². The molecule has 3 nitrogen and oxygen atoms in total. The van der Waals surface area contributed by atoms with Gasteiger partial charge < -0.3 is 14.6 Å². The van der Waals surface area contributed by atoms with Crippen LogP contribution in [0.3, 0.4) is 0 Å². The molecular weight excluding hydrogens is 192 g/mol. The summed E-state index contributed by atoms with van der Waals surface area (Å²) in [5.74, 6) is 0.887. The van der Waals surface area contributed by atoms with Gasteiger partial charge in [0.25, 0.3) is 0 Å². The van der Waals surface area contributed by atoms with E-state index in [2.05, 4.69) is 0 Å². The van der Waals surface area contributed by atoms with Gasteiger partial charge in [-0.25, -0.2) is 0 Å². The summed E-state index contributed by atoms with van der Waals surface area (Å²) in [7, 11) is 0. The number of benzene rings is 1. The molecule has 0 radical (unpaired) electrons. The number of hydrogen-bond donors (Lipinski definition) is 1. The van der Waals surface area contributed by atoms with Crippen LogP contribution in [0.5, 0.6) is 0 Å². The molecule has 0 unspecified atom stereocenters. The second-order valence-electron chi connectivity index (χ2n) is 3.82. The average Bonchev–Trinajstić information content (AvgIpc) is 2.58. The Hall–Kier alpha value is -1.32. The minimum absolute atomic E-state index is 0.0438. The number of rotatable bonds is 2. The van der Waals surface area contributed by atoms with Gasteiger partial charge in [0.1, 0.15) is 12.4 Å². The Morgan fingerprint density at radius 2 is 2.00 bits per heavy atom. The minimum Gasteiger partial charge on any atom is -0.466 e. The third-order valence-electron chi connectivity index (χ3n) is 2.87. The first-order chi connectivity index (χ1) is 7.38. The number of hydrogen-bond acceptors (Lipinski definition) is 3. The molecular formula is C12H12O3. The summed E-state index contributed by atoms with van der Waals surface area (Å²) in [6, 6.07) is 10.1. The first kappa shape index (κ1) is 8.95. The van der Waals surface area contributed by atoms with Crippen LogP contribution in [0.4, 0.5) is 0 Å². The number of ether oxygens (including phenoxy) is 2. The van der Waals surface area contributed by atoms with Crippen LogP contribution < -0.4 is 0 Å². The molecule has 1 N–H and O–H groups in total. The highest BCUT2D eigenvalue weighted by molar-refractivity contribution is 5.24. The molecule has 0 aromatic heterocycles. The Morgan fingerprint density at radius 1 is 1.20 bits per heavy atom. The van der Waals surface area contributed by atoms with Gasteiger partial charge in [0.15, 0.2) is 0 Å². The van der Waals surface area contributed by atoms with E-state index < -0.39 is 0 Å². The van der Waals surface area contributed by atoms with E-state index in [9.17, 15) is 0 Å². The molecule has 2 heterocycles. The van der Waals surface area contributed by atoms with Gasteiger partial charge in [-0.2, -0.15) is 0 Å². The molecule has 15 heavy (non-hydrogen) atoms. The van der Waals surface area contributed by atoms with Crippen LogP contribution in [0.2, 0.25) is 0 Å². The number of aliphatic hydroxyl groups is 1. The zero-order valence-electron chi connectivity index (χ0n) is 8.17. The first-order valence-corrected chi connectivity index (χ1v) is 5.07. The maximum absolute atomic E-state index is 8.94. The van der Waals surface area contributed by atoms with Crippen molar-refractivity contribution < 1.29 is 14.6 Å². The van der Waals surface area contributed by atoms with E-state index in [0.29, 0.717) is 5.76 Å². The van der Waals surface area contributed by atoms with Crippen molar-refractivity contribution >= 4 is 0 Å². The molecule has 3 heteroatoms. The quantitative estimate of drug-likeness (QED) is 0.795. The highest BCUT2D eigenvalue weighted by Crippen LogP contribution is 2.46.